The van der Waals surface area contributed by atoms with Gasteiger partial charge in [-0.05, 0) is 61.0 Å². The van der Waals surface area contributed by atoms with Crippen LogP contribution in [-0.4, -0.2) is 53.9 Å². The van der Waals surface area contributed by atoms with Crippen LogP contribution in [0.15, 0.2) is 60.9 Å². The molecule has 1 aliphatic rings. The molecule has 0 bridgehead atoms. The molecule has 190 valence electrons. The minimum atomic E-state index is -4.52. The maximum Gasteiger partial charge on any atom is 0.416 e. The number of likely N-dealkylation sites (N-methyl/N-ethyl adjacent to an activating group) is 1. The standard InChI is InChI=1S/C27H30F3N5O/c1-19-5-6-21(14-25(19)32-17-20-4-3-9-31-16-20)26(36)33-23-8-7-22(24(15-23)27(28,29)30)18-35-12-10-34(2)11-13-35/h3-9,14-16,32H,10-13,17-18H2,1-2H3,(H,33,36). The summed E-state index contributed by atoms with van der Waals surface area (Å²) in [4.78, 5) is 21.2. The molecule has 3 aromatic rings. The molecule has 0 unspecified atom stereocenters. The number of benzene rings is 2. The van der Waals surface area contributed by atoms with Crippen LogP contribution in [-0.2, 0) is 19.3 Å². The zero-order valence-electron chi connectivity index (χ0n) is 20.4. The summed E-state index contributed by atoms with van der Waals surface area (Å²) in [5, 5.41) is 5.92. The second-order valence-corrected chi connectivity index (χ2v) is 9.15. The molecule has 1 saturated heterocycles. The van der Waals surface area contributed by atoms with E-state index in [2.05, 4.69) is 20.5 Å². The SMILES string of the molecule is Cc1ccc(C(=O)Nc2ccc(CN3CCN(C)CC3)c(C(F)(F)F)c2)cc1NCc1cccnc1. The van der Waals surface area contributed by atoms with Crippen molar-refractivity contribution in [1.29, 1.82) is 0 Å². The van der Waals surface area contributed by atoms with Crippen molar-refractivity contribution in [3.05, 3.63) is 88.7 Å². The van der Waals surface area contributed by atoms with Crippen LogP contribution in [0.4, 0.5) is 24.5 Å². The molecule has 0 spiro atoms. The Kier molecular flexibility index (Phi) is 7.91. The number of nitrogens with one attached hydrogen (secondary N) is 2. The van der Waals surface area contributed by atoms with Crippen molar-refractivity contribution in [2.45, 2.75) is 26.2 Å². The van der Waals surface area contributed by atoms with E-state index in [-0.39, 0.29) is 17.8 Å². The Morgan fingerprint density at radius 1 is 1.06 bits per heavy atom. The quantitative estimate of drug-likeness (QED) is 0.480. The molecule has 6 nitrogen and oxygen atoms in total. The van der Waals surface area contributed by atoms with Crippen molar-refractivity contribution >= 4 is 17.3 Å². The van der Waals surface area contributed by atoms with Gasteiger partial charge in [0.25, 0.3) is 5.91 Å². The van der Waals surface area contributed by atoms with Crippen molar-refractivity contribution in [2.75, 3.05) is 43.9 Å². The van der Waals surface area contributed by atoms with Crippen LogP contribution in [0.5, 0.6) is 0 Å². The van der Waals surface area contributed by atoms with Crippen LogP contribution in [0.1, 0.15) is 32.6 Å². The largest absolute Gasteiger partial charge is 0.416 e. The van der Waals surface area contributed by atoms with Crippen LogP contribution in [0, 0.1) is 6.92 Å². The molecule has 1 aromatic heterocycles. The maximum absolute atomic E-state index is 13.9. The number of anilines is 2. The average Bonchev–Trinajstić information content (AvgIpc) is 2.85. The minimum Gasteiger partial charge on any atom is -0.381 e. The van der Waals surface area contributed by atoms with Crippen molar-refractivity contribution in [3.63, 3.8) is 0 Å². The van der Waals surface area contributed by atoms with Gasteiger partial charge in [0.05, 0.1) is 5.56 Å². The molecule has 2 heterocycles. The van der Waals surface area contributed by atoms with Gasteiger partial charge in [0.2, 0.25) is 0 Å². The number of hydrogen-bond donors (Lipinski definition) is 2. The highest BCUT2D eigenvalue weighted by atomic mass is 19.4. The predicted molar refractivity (Wildman–Crippen MR) is 135 cm³/mol. The van der Waals surface area contributed by atoms with Crippen molar-refractivity contribution in [3.8, 4) is 0 Å². The second-order valence-electron chi connectivity index (χ2n) is 9.15. The first-order valence-electron chi connectivity index (χ1n) is 11.8. The number of aryl methyl sites for hydroxylation is 1. The topological polar surface area (TPSA) is 60.5 Å². The molecular weight excluding hydrogens is 467 g/mol. The summed E-state index contributed by atoms with van der Waals surface area (Å²) in [7, 11) is 2.00. The van der Waals surface area contributed by atoms with E-state index < -0.39 is 17.6 Å². The maximum atomic E-state index is 13.9. The van der Waals surface area contributed by atoms with Crippen LogP contribution in [0.25, 0.3) is 0 Å². The van der Waals surface area contributed by atoms with E-state index in [9.17, 15) is 18.0 Å². The first-order valence-corrected chi connectivity index (χ1v) is 11.8. The third-order valence-corrected chi connectivity index (χ3v) is 6.37. The number of pyridine rings is 1. The Morgan fingerprint density at radius 2 is 1.83 bits per heavy atom. The van der Waals surface area contributed by atoms with E-state index in [1.807, 2.05) is 31.0 Å². The third kappa shape index (κ3) is 6.61. The Labute approximate surface area is 209 Å². The van der Waals surface area contributed by atoms with Crippen molar-refractivity contribution in [2.24, 2.45) is 0 Å². The highest BCUT2D eigenvalue weighted by Crippen LogP contribution is 2.35. The zero-order chi connectivity index (χ0) is 25.7. The second kappa shape index (κ2) is 11.1. The highest BCUT2D eigenvalue weighted by Gasteiger charge is 2.34. The molecule has 36 heavy (non-hydrogen) atoms. The molecule has 0 aliphatic carbocycles. The number of alkyl halides is 3. The lowest BCUT2D eigenvalue weighted by Gasteiger charge is -2.33. The smallest absolute Gasteiger partial charge is 0.381 e. The van der Waals surface area contributed by atoms with E-state index in [1.54, 1.807) is 30.6 Å². The monoisotopic (exact) mass is 497 g/mol. The first-order chi connectivity index (χ1) is 17.2. The molecule has 2 N–H and O–H groups in total. The normalized spacial score (nSPS) is 15.0. The average molecular weight is 498 g/mol. The fourth-order valence-electron chi connectivity index (χ4n) is 4.16. The van der Waals surface area contributed by atoms with Gasteiger partial charge in [-0.15, -0.1) is 0 Å². The predicted octanol–water partition coefficient (Wildman–Crippen LogP) is 5.02. The number of rotatable bonds is 7. The number of aromatic nitrogens is 1. The lowest BCUT2D eigenvalue weighted by molar-refractivity contribution is -0.138. The van der Waals surface area contributed by atoms with Crippen LogP contribution in [0.3, 0.4) is 0 Å². The molecule has 0 atom stereocenters. The number of carbonyl (C=O) groups excluding carboxylic acids is 1. The number of hydrogen-bond acceptors (Lipinski definition) is 5. The summed E-state index contributed by atoms with van der Waals surface area (Å²) in [6.07, 6.45) is -1.07. The number of amides is 1. The number of carbonyl (C=O) groups is 1. The van der Waals surface area contributed by atoms with E-state index in [0.29, 0.717) is 12.1 Å². The molecule has 1 amide bonds. The number of nitrogens with zero attached hydrogens (tertiary/aromatic N) is 3. The van der Waals surface area contributed by atoms with Crippen molar-refractivity contribution in [1.82, 2.24) is 14.8 Å². The van der Waals surface area contributed by atoms with E-state index in [1.165, 1.54) is 12.1 Å². The molecule has 1 fully saturated rings. The molecule has 1 aliphatic heterocycles. The Morgan fingerprint density at radius 3 is 2.53 bits per heavy atom. The summed E-state index contributed by atoms with van der Waals surface area (Å²) in [5.74, 6) is -0.473. The van der Waals surface area contributed by atoms with E-state index >= 15 is 0 Å². The lowest BCUT2D eigenvalue weighted by Crippen LogP contribution is -2.44. The summed E-state index contributed by atoms with van der Waals surface area (Å²) in [5.41, 5.74) is 2.66. The summed E-state index contributed by atoms with van der Waals surface area (Å²) >= 11 is 0. The summed E-state index contributed by atoms with van der Waals surface area (Å²) in [6.45, 7) is 5.76. The van der Waals surface area contributed by atoms with Crippen LogP contribution < -0.4 is 10.6 Å². The molecule has 4 rings (SSSR count). The minimum absolute atomic E-state index is 0.111. The molecule has 9 heteroatoms. The highest BCUT2D eigenvalue weighted by molar-refractivity contribution is 6.05. The number of piperazine rings is 1. The van der Waals surface area contributed by atoms with Gasteiger partial charge in [0.15, 0.2) is 0 Å². The Bertz CT molecular complexity index is 1190. The van der Waals surface area contributed by atoms with E-state index in [4.69, 9.17) is 0 Å². The van der Waals surface area contributed by atoms with Gasteiger partial charge in [-0.1, -0.05) is 18.2 Å². The Hall–Kier alpha value is -3.43. The number of halogens is 3. The van der Waals surface area contributed by atoms with Crippen LogP contribution >= 0.6 is 0 Å². The molecule has 0 radical (unpaired) electrons. The first kappa shape index (κ1) is 25.7. The molecular formula is C27H30F3N5O. The van der Waals surface area contributed by atoms with Gasteiger partial charge < -0.3 is 15.5 Å². The van der Waals surface area contributed by atoms with Gasteiger partial charge in [-0.25, -0.2) is 0 Å². The van der Waals surface area contributed by atoms with E-state index in [0.717, 1.165) is 49.1 Å². The third-order valence-electron chi connectivity index (χ3n) is 6.37. The zero-order valence-corrected chi connectivity index (χ0v) is 20.4. The molecule has 0 saturated carbocycles. The lowest BCUT2D eigenvalue weighted by atomic mass is 10.0. The van der Waals surface area contributed by atoms with Gasteiger partial charge in [-0.2, -0.15) is 13.2 Å². The molecule has 2 aromatic carbocycles. The van der Waals surface area contributed by atoms with Crippen LogP contribution in [0.2, 0.25) is 0 Å². The van der Waals surface area contributed by atoms with Crippen molar-refractivity contribution < 1.29 is 18.0 Å². The van der Waals surface area contributed by atoms with Gasteiger partial charge in [0, 0.05) is 68.6 Å². The van der Waals surface area contributed by atoms with Gasteiger partial charge in [0.1, 0.15) is 0 Å². The fourth-order valence-corrected chi connectivity index (χ4v) is 4.16. The fraction of sp³-hybridized carbons (Fsp3) is 0.333. The Balaban J connectivity index is 1.48. The van der Waals surface area contributed by atoms with Gasteiger partial charge in [-0.3, -0.25) is 14.7 Å². The summed E-state index contributed by atoms with van der Waals surface area (Å²) in [6, 6.07) is 13.0. The van der Waals surface area contributed by atoms with Gasteiger partial charge >= 0.3 is 6.18 Å². The summed E-state index contributed by atoms with van der Waals surface area (Å²) < 4.78 is 41.6.